The Labute approximate surface area is 238 Å². The molecule has 1 fully saturated rings. The topological polar surface area (TPSA) is 66.8 Å². The summed E-state index contributed by atoms with van der Waals surface area (Å²) in [6, 6.07) is 5.71. The van der Waals surface area contributed by atoms with Crippen molar-refractivity contribution in [2.45, 2.75) is 61.0 Å². The molecule has 1 N–H and O–H groups in total. The Morgan fingerprint density at radius 1 is 1.12 bits per heavy atom. The highest BCUT2D eigenvalue weighted by molar-refractivity contribution is 7.85. The van der Waals surface area contributed by atoms with Gasteiger partial charge in [-0.25, -0.2) is 26.3 Å². The number of alkyl halides is 8. The number of hydrogen-bond donors (Lipinski definition) is 1. The van der Waals surface area contributed by atoms with E-state index in [0.29, 0.717) is 19.1 Å². The van der Waals surface area contributed by atoms with Crippen LogP contribution in [0.2, 0.25) is 0 Å². The van der Waals surface area contributed by atoms with Gasteiger partial charge >= 0.3 is 6.18 Å². The lowest BCUT2D eigenvalue weighted by Gasteiger charge is -2.42. The number of fused-ring (bicyclic) bond motifs is 1. The molecular weight excluding hydrogens is 605 g/mol. The fourth-order valence-corrected chi connectivity index (χ4v) is 6.36. The molecule has 15 heteroatoms. The molecule has 2 aromatic carbocycles. The number of nitrogens with zero attached hydrogens (tertiary/aromatic N) is 1. The van der Waals surface area contributed by atoms with Crippen LogP contribution in [0.3, 0.4) is 0 Å². The summed E-state index contributed by atoms with van der Waals surface area (Å²) >= 11 is 0. The van der Waals surface area contributed by atoms with E-state index in [1.165, 1.54) is 12.1 Å². The zero-order valence-electron chi connectivity index (χ0n) is 22.4. The molecule has 0 spiro atoms. The average molecular weight is 634 g/mol. The normalized spacial score (nSPS) is 23.0. The fourth-order valence-electron chi connectivity index (χ4n) is 4.94. The fraction of sp³-hybridized carbons (Fsp3) is 0.519. The molecule has 0 aromatic heterocycles. The van der Waals surface area contributed by atoms with Gasteiger partial charge in [0.2, 0.25) is 11.8 Å². The first-order valence-corrected chi connectivity index (χ1v) is 13.8. The summed E-state index contributed by atoms with van der Waals surface area (Å²) in [5.41, 5.74) is -5.94. The highest BCUT2D eigenvalue weighted by Gasteiger charge is 2.57. The van der Waals surface area contributed by atoms with Gasteiger partial charge in [-0.1, -0.05) is 6.07 Å². The molecule has 0 amide bonds. The molecular formula is C27H28F9NO4S. The van der Waals surface area contributed by atoms with Crippen molar-refractivity contribution in [2.75, 3.05) is 25.2 Å². The molecule has 234 valence electrons. The van der Waals surface area contributed by atoms with Crippen LogP contribution in [0.25, 0.3) is 0 Å². The zero-order valence-corrected chi connectivity index (χ0v) is 23.2. The Morgan fingerprint density at radius 2 is 1.76 bits per heavy atom. The lowest BCUT2D eigenvalue weighted by molar-refractivity contribution is -0.175. The number of carbonyl (C=O) groups is 1. The standard InChI is InChI=1S/C26H24F9NO3S.CH4O/c1-23(29,30)6-5-15-10-36(17-4-2-3-16(27)7-17)19-8-18(26(33,34)35)20(9-21(19)40(38)22(15)28)39-14-24(13-37)11-25(31,32)12-24;1-2/h2-4,7-9,13,15,22H,5-6,10-12,14H2,1H3;2H,1H3. The van der Waals surface area contributed by atoms with Crippen molar-refractivity contribution in [3.8, 4) is 5.75 Å². The maximum Gasteiger partial charge on any atom is 0.420 e. The summed E-state index contributed by atoms with van der Waals surface area (Å²) in [5, 5.41) is 7.00. The van der Waals surface area contributed by atoms with Crippen molar-refractivity contribution in [3.63, 3.8) is 0 Å². The summed E-state index contributed by atoms with van der Waals surface area (Å²) in [6.45, 7) is -0.738. The van der Waals surface area contributed by atoms with Crippen LogP contribution in [0.5, 0.6) is 5.75 Å². The summed E-state index contributed by atoms with van der Waals surface area (Å²) in [5.74, 6) is -9.51. The first-order chi connectivity index (χ1) is 19.4. The van der Waals surface area contributed by atoms with Gasteiger partial charge in [0, 0.05) is 44.5 Å². The second kappa shape index (κ2) is 12.4. The van der Waals surface area contributed by atoms with Crippen molar-refractivity contribution >= 4 is 28.5 Å². The van der Waals surface area contributed by atoms with Crippen molar-refractivity contribution < 1.29 is 58.4 Å². The van der Waals surface area contributed by atoms with Gasteiger partial charge in [0.1, 0.15) is 24.5 Å². The van der Waals surface area contributed by atoms with E-state index >= 15 is 4.39 Å². The highest BCUT2D eigenvalue weighted by Crippen LogP contribution is 2.52. The summed E-state index contributed by atoms with van der Waals surface area (Å²) in [6.07, 6.45) is -8.10. The number of benzene rings is 2. The van der Waals surface area contributed by atoms with Crippen LogP contribution in [0.15, 0.2) is 41.3 Å². The molecule has 1 aliphatic heterocycles. The molecule has 1 aliphatic carbocycles. The van der Waals surface area contributed by atoms with E-state index in [-0.39, 0.29) is 12.0 Å². The highest BCUT2D eigenvalue weighted by atomic mass is 32.2. The van der Waals surface area contributed by atoms with Crippen molar-refractivity contribution in [3.05, 3.63) is 47.8 Å². The molecule has 2 aliphatic rings. The molecule has 1 heterocycles. The van der Waals surface area contributed by atoms with Gasteiger partial charge in [-0.05, 0) is 43.7 Å². The Balaban J connectivity index is 0.00000237. The number of carbonyl (C=O) groups excluding carboxylic acids is 1. The lowest BCUT2D eigenvalue weighted by Crippen LogP contribution is -2.50. The molecule has 5 nitrogen and oxygen atoms in total. The molecule has 0 radical (unpaired) electrons. The molecule has 3 atom stereocenters. The molecule has 42 heavy (non-hydrogen) atoms. The minimum Gasteiger partial charge on any atom is -0.492 e. The van der Waals surface area contributed by atoms with E-state index in [1.807, 2.05) is 0 Å². The lowest BCUT2D eigenvalue weighted by atomic mass is 9.67. The zero-order chi connectivity index (χ0) is 31.7. The monoisotopic (exact) mass is 633 g/mol. The molecule has 1 saturated carbocycles. The van der Waals surface area contributed by atoms with Gasteiger partial charge in [-0.2, -0.15) is 13.2 Å². The van der Waals surface area contributed by atoms with E-state index < -0.39 is 112 Å². The number of hydrogen-bond acceptors (Lipinski definition) is 5. The summed E-state index contributed by atoms with van der Waals surface area (Å²) in [4.78, 5) is 12.0. The molecule has 0 saturated heterocycles. The number of ether oxygens (including phenoxy) is 1. The van der Waals surface area contributed by atoms with Gasteiger partial charge in [0.05, 0.1) is 32.4 Å². The number of anilines is 2. The van der Waals surface area contributed by atoms with E-state index in [2.05, 4.69) is 0 Å². The summed E-state index contributed by atoms with van der Waals surface area (Å²) in [7, 11) is -1.69. The Morgan fingerprint density at radius 3 is 2.29 bits per heavy atom. The van der Waals surface area contributed by atoms with Gasteiger partial charge in [0.25, 0.3) is 0 Å². The second-order valence-corrected chi connectivity index (χ2v) is 11.9. The SMILES string of the molecule is CC(F)(F)CCC1CN(c2cccc(F)c2)c2cc(C(F)(F)F)c(OCC3(C=O)CC(F)(F)C3)cc2S(=O)C1F.CO. The van der Waals surface area contributed by atoms with Gasteiger partial charge in [-0.3, -0.25) is 4.21 Å². The molecule has 3 unspecified atom stereocenters. The second-order valence-electron chi connectivity index (χ2n) is 10.4. The van der Waals surface area contributed by atoms with Gasteiger partial charge in [0.15, 0.2) is 5.50 Å². The summed E-state index contributed by atoms with van der Waals surface area (Å²) < 4.78 is 145. The van der Waals surface area contributed by atoms with Crippen LogP contribution >= 0.6 is 0 Å². The third-order valence-electron chi connectivity index (χ3n) is 6.93. The quantitative estimate of drug-likeness (QED) is 0.249. The van der Waals surface area contributed by atoms with E-state index in [9.17, 15) is 44.1 Å². The van der Waals surface area contributed by atoms with Crippen LogP contribution < -0.4 is 9.64 Å². The van der Waals surface area contributed by atoms with Crippen LogP contribution in [0.1, 0.15) is 38.2 Å². The average Bonchev–Trinajstić information content (AvgIpc) is 2.99. The Hall–Kier alpha value is -2.81. The Bertz CT molecular complexity index is 1290. The van der Waals surface area contributed by atoms with Gasteiger partial charge in [-0.15, -0.1) is 0 Å². The Kier molecular flexibility index (Phi) is 9.97. The number of aliphatic hydroxyl groups is 1. The van der Waals surface area contributed by atoms with E-state index in [0.717, 1.165) is 24.1 Å². The van der Waals surface area contributed by atoms with Crippen molar-refractivity contribution in [1.82, 2.24) is 0 Å². The minimum absolute atomic E-state index is 0.0426. The maximum atomic E-state index is 15.5. The third-order valence-corrected chi connectivity index (χ3v) is 8.48. The largest absolute Gasteiger partial charge is 0.492 e. The van der Waals surface area contributed by atoms with Crippen LogP contribution in [-0.2, 0) is 21.8 Å². The number of rotatable bonds is 8. The number of aliphatic hydroxyl groups excluding tert-OH is 1. The predicted molar refractivity (Wildman–Crippen MR) is 136 cm³/mol. The number of halogens is 9. The first-order valence-electron chi connectivity index (χ1n) is 12.6. The predicted octanol–water partition coefficient (Wildman–Crippen LogP) is 7.05. The van der Waals surface area contributed by atoms with Crippen LogP contribution in [0.4, 0.5) is 50.9 Å². The van der Waals surface area contributed by atoms with Crippen LogP contribution in [-0.4, -0.2) is 53.2 Å². The maximum absolute atomic E-state index is 15.5. The third kappa shape index (κ3) is 7.57. The van der Waals surface area contributed by atoms with E-state index in [4.69, 9.17) is 9.84 Å². The van der Waals surface area contributed by atoms with Crippen LogP contribution in [0, 0.1) is 17.2 Å². The number of aldehydes is 1. The molecule has 0 bridgehead atoms. The molecule has 2 aromatic rings. The minimum atomic E-state index is -5.11. The van der Waals surface area contributed by atoms with Gasteiger partial charge < -0.3 is 19.5 Å². The van der Waals surface area contributed by atoms with Crippen molar-refractivity contribution in [2.24, 2.45) is 11.3 Å². The van der Waals surface area contributed by atoms with E-state index in [1.54, 1.807) is 0 Å². The first kappa shape index (κ1) is 33.7. The smallest absolute Gasteiger partial charge is 0.420 e. The van der Waals surface area contributed by atoms with Crippen molar-refractivity contribution in [1.29, 1.82) is 0 Å². The molecule has 4 rings (SSSR count).